The molecule has 24 heavy (non-hydrogen) atoms. The van der Waals surface area contributed by atoms with E-state index in [4.69, 9.17) is 4.74 Å². The van der Waals surface area contributed by atoms with E-state index in [-0.39, 0.29) is 36.9 Å². The second-order valence-electron chi connectivity index (χ2n) is 5.45. The van der Waals surface area contributed by atoms with Gasteiger partial charge in [-0.05, 0) is 18.9 Å². The quantitative estimate of drug-likeness (QED) is 0.888. The standard InChI is InChI=1S/C14H17F3N4O3/c1-8(22)18-9-3-5-11(14(15,16)17)21(7-9)13(23)10-4-6-12(24-2)20-19-10/h4,6,9,11H,3,5,7H2,1-2H3,(H,18,22)/t9-,11-/m0/s1. The zero-order valence-electron chi connectivity index (χ0n) is 13.1. The molecule has 0 aliphatic carbocycles. The maximum Gasteiger partial charge on any atom is 0.408 e. The lowest BCUT2D eigenvalue weighted by atomic mass is 9.97. The first-order chi connectivity index (χ1) is 11.2. The van der Waals surface area contributed by atoms with Crippen molar-refractivity contribution in [3.05, 3.63) is 17.8 Å². The molecular weight excluding hydrogens is 329 g/mol. The topological polar surface area (TPSA) is 84.4 Å². The molecule has 1 saturated heterocycles. The maximum absolute atomic E-state index is 13.2. The number of methoxy groups -OCH3 is 1. The van der Waals surface area contributed by atoms with Crippen LogP contribution in [-0.2, 0) is 4.79 Å². The first-order valence-electron chi connectivity index (χ1n) is 7.25. The van der Waals surface area contributed by atoms with Gasteiger partial charge in [0.1, 0.15) is 6.04 Å². The molecule has 0 spiro atoms. The van der Waals surface area contributed by atoms with Crippen molar-refractivity contribution in [3.8, 4) is 5.88 Å². The van der Waals surface area contributed by atoms with Gasteiger partial charge in [0.05, 0.1) is 7.11 Å². The fourth-order valence-corrected chi connectivity index (χ4v) is 2.63. The Hall–Kier alpha value is -2.39. The number of carbonyl (C=O) groups is 2. The van der Waals surface area contributed by atoms with Crippen LogP contribution in [0.4, 0.5) is 13.2 Å². The largest absolute Gasteiger partial charge is 0.480 e. The van der Waals surface area contributed by atoms with Crippen LogP contribution in [0.15, 0.2) is 12.1 Å². The molecule has 0 bridgehead atoms. The first-order valence-corrected chi connectivity index (χ1v) is 7.25. The van der Waals surface area contributed by atoms with Gasteiger partial charge in [0, 0.05) is 25.6 Å². The van der Waals surface area contributed by atoms with Crippen molar-refractivity contribution in [2.45, 2.75) is 38.0 Å². The minimum absolute atomic E-state index is 0.141. The normalized spacial score (nSPS) is 21.3. The summed E-state index contributed by atoms with van der Waals surface area (Å²) in [4.78, 5) is 24.3. The van der Waals surface area contributed by atoms with E-state index in [1.54, 1.807) is 0 Å². The van der Waals surface area contributed by atoms with Gasteiger partial charge in [-0.3, -0.25) is 9.59 Å². The van der Waals surface area contributed by atoms with E-state index in [9.17, 15) is 22.8 Å². The predicted octanol–water partition coefficient (Wildman–Crippen LogP) is 1.16. The van der Waals surface area contributed by atoms with E-state index in [0.717, 1.165) is 0 Å². The Labute approximate surface area is 136 Å². The Kier molecular flexibility index (Phi) is 5.25. The number of rotatable bonds is 3. The average molecular weight is 346 g/mol. The predicted molar refractivity (Wildman–Crippen MR) is 76.3 cm³/mol. The van der Waals surface area contributed by atoms with Crippen molar-refractivity contribution in [2.24, 2.45) is 0 Å². The second-order valence-corrected chi connectivity index (χ2v) is 5.45. The highest BCUT2D eigenvalue weighted by Crippen LogP contribution is 2.32. The van der Waals surface area contributed by atoms with E-state index in [0.29, 0.717) is 4.90 Å². The third kappa shape index (κ3) is 4.12. The van der Waals surface area contributed by atoms with E-state index in [1.807, 2.05) is 0 Å². The van der Waals surface area contributed by atoms with Crippen LogP contribution in [-0.4, -0.2) is 58.8 Å². The molecule has 0 aromatic carbocycles. The summed E-state index contributed by atoms with van der Waals surface area (Å²) in [6.07, 6.45) is -4.71. The third-order valence-corrected chi connectivity index (χ3v) is 3.70. The van der Waals surface area contributed by atoms with Gasteiger partial charge in [-0.15, -0.1) is 10.2 Å². The molecule has 7 nitrogen and oxygen atoms in total. The minimum atomic E-state index is -4.56. The van der Waals surface area contributed by atoms with Gasteiger partial charge in [0.25, 0.3) is 5.91 Å². The Morgan fingerprint density at radius 3 is 2.50 bits per heavy atom. The van der Waals surface area contributed by atoms with Crippen molar-refractivity contribution < 1.29 is 27.5 Å². The third-order valence-electron chi connectivity index (χ3n) is 3.70. The van der Waals surface area contributed by atoms with Gasteiger partial charge in [-0.25, -0.2) is 0 Å². The maximum atomic E-state index is 13.2. The second kappa shape index (κ2) is 7.02. The molecular formula is C14H17F3N4O3. The molecule has 132 valence electrons. The van der Waals surface area contributed by atoms with Gasteiger partial charge in [-0.2, -0.15) is 13.2 Å². The zero-order chi connectivity index (χ0) is 17.9. The van der Waals surface area contributed by atoms with Gasteiger partial charge in [0.2, 0.25) is 11.8 Å². The van der Waals surface area contributed by atoms with Crippen LogP contribution in [0.25, 0.3) is 0 Å². The number of nitrogens with zero attached hydrogens (tertiary/aromatic N) is 3. The number of halogens is 3. The van der Waals surface area contributed by atoms with Crippen molar-refractivity contribution in [2.75, 3.05) is 13.7 Å². The number of hydrogen-bond acceptors (Lipinski definition) is 5. The van der Waals surface area contributed by atoms with Crippen LogP contribution >= 0.6 is 0 Å². The van der Waals surface area contributed by atoms with Gasteiger partial charge < -0.3 is 15.0 Å². The van der Waals surface area contributed by atoms with Crippen molar-refractivity contribution in [1.29, 1.82) is 0 Å². The van der Waals surface area contributed by atoms with Gasteiger partial charge >= 0.3 is 6.18 Å². The highest BCUT2D eigenvalue weighted by molar-refractivity contribution is 5.92. The summed E-state index contributed by atoms with van der Waals surface area (Å²) in [7, 11) is 1.36. The van der Waals surface area contributed by atoms with E-state index in [2.05, 4.69) is 15.5 Å². The molecule has 1 aromatic heterocycles. The first kappa shape index (κ1) is 18.0. The Balaban J connectivity index is 2.24. The van der Waals surface area contributed by atoms with Crippen LogP contribution in [0, 0.1) is 0 Å². The van der Waals surface area contributed by atoms with Gasteiger partial charge in [0.15, 0.2) is 5.69 Å². The number of piperidine rings is 1. The fraction of sp³-hybridized carbons (Fsp3) is 0.571. The summed E-state index contributed by atoms with van der Waals surface area (Å²) < 4.78 is 44.5. The lowest BCUT2D eigenvalue weighted by molar-refractivity contribution is -0.184. The lowest BCUT2D eigenvalue weighted by Gasteiger charge is -2.40. The number of ether oxygens (including phenoxy) is 1. The number of hydrogen-bond donors (Lipinski definition) is 1. The molecule has 2 atom stereocenters. The highest BCUT2D eigenvalue weighted by Gasteiger charge is 2.48. The number of likely N-dealkylation sites (tertiary alicyclic amines) is 1. The highest BCUT2D eigenvalue weighted by atomic mass is 19.4. The monoisotopic (exact) mass is 346 g/mol. The molecule has 0 unspecified atom stereocenters. The van der Waals surface area contributed by atoms with Crippen molar-refractivity contribution in [1.82, 2.24) is 20.4 Å². The van der Waals surface area contributed by atoms with Crippen LogP contribution in [0.5, 0.6) is 5.88 Å². The summed E-state index contributed by atoms with van der Waals surface area (Å²) in [6.45, 7) is 1.03. The van der Waals surface area contributed by atoms with E-state index in [1.165, 1.54) is 26.2 Å². The van der Waals surface area contributed by atoms with Crippen molar-refractivity contribution >= 4 is 11.8 Å². The fourth-order valence-electron chi connectivity index (χ4n) is 2.63. The molecule has 2 rings (SSSR count). The summed E-state index contributed by atoms with van der Waals surface area (Å²) in [6, 6.07) is 0.150. The number of alkyl halides is 3. The number of nitrogens with one attached hydrogen (secondary N) is 1. The van der Waals surface area contributed by atoms with Crippen molar-refractivity contribution in [3.63, 3.8) is 0 Å². The summed E-state index contributed by atoms with van der Waals surface area (Å²) in [5, 5.41) is 9.76. The summed E-state index contributed by atoms with van der Waals surface area (Å²) >= 11 is 0. The summed E-state index contributed by atoms with van der Waals surface area (Å²) in [5.41, 5.74) is -0.214. The lowest BCUT2D eigenvalue weighted by Crippen LogP contribution is -2.58. The van der Waals surface area contributed by atoms with Crippen LogP contribution in [0.1, 0.15) is 30.3 Å². The summed E-state index contributed by atoms with van der Waals surface area (Å²) in [5.74, 6) is -1.10. The molecule has 0 saturated carbocycles. The Morgan fingerprint density at radius 1 is 1.29 bits per heavy atom. The van der Waals surface area contributed by atoms with Crippen LogP contribution in [0.3, 0.4) is 0 Å². The van der Waals surface area contributed by atoms with Crippen LogP contribution in [0.2, 0.25) is 0 Å². The number of amides is 2. The number of carbonyl (C=O) groups excluding carboxylic acids is 2. The molecule has 1 aromatic rings. The molecule has 2 heterocycles. The molecule has 10 heteroatoms. The molecule has 1 aliphatic heterocycles. The van der Waals surface area contributed by atoms with E-state index >= 15 is 0 Å². The number of aromatic nitrogens is 2. The molecule has 0 radical (unpaired) electrons. The smallest absolute Gasteiger partial charge is 0.408 e. The minimum Gasteiger partial charge on any atom is -0.480 e. The Bertz CT molecular complexity index is 606. The molecule has 1 aliphatic rings. The molecule has 2 amide bonds. The SMILES string of the molecule is COc1ccc(C(=O)N2C[C@@H](NC(C)=O)CC[C@H]2C(F)(F)F)nn1. The zero-order valence-corrected chi connectivity index (χ0v) is 13.1. The molecule has 1 N–H and O–H groups in total. The van der Waals surface area contributed by atoms with E-state index < -0.39 is 24.2 Å². The average Bonchev–Trinajstić information content (AvgIpc) is 2.52. The van der Waals surface area contributed by atoms with Crippen LogP contribution < -0.4 is 10.1 Å². The molecule has 1 fully saturated rings. The Morgan fingerprint density at radius 2 is 2.00 bits per heavy atom. The van der Waals surface area contributed by atoms with Gasteiger partial charge in [-0.1, -0.05) is 0 Å².